The van der Waals surface area contributed by atoms with Crippen LogP contribution in [0.15, 0.2) is 24.3 Å². The number of nitrogens with zero attached hydrogens (tertiary/aromatic N) is 1. The van der Waals surface area contributed by atoms with Gasteiger partial charge in [0.25, 0.3) is 0 Å². The van der Waals surface area contributed by atoms with Gasteiger partial charge in [0.1, 0.15) is 0 Å². The van der Waals surface area contributed by atoms with Gasteiger partial charge in [-0.05, 0) is 37.3 Å². The summed E-state index contributed by atoms with van der Waals surface area (Å²) in [6, 6.07) is 8.27. The molecule has 4 nitrogen and oxygen atoms in total. The monoisotopic (exact) mass is 273 g/mol. The first-order valence-corrected chi connectivity index (χ1v) is 7.18. The molecular formula is C16H19NO3. The summed E-state index contributed by atoms with van der Waals surface area (Å²) in [7, 11) is 0. The zero-order valence-electron chi connectivity index (χ0n) is 11.6. The van der Waals surface area contributed by atoms with E-state index in [1.165, 1.54) is 11.1 Å². The van der Waals surface area contributed by atoms with E-state index < -0.39 is 11.9 Å². The number of hydrogen-bond acceptors (Lipinski definition) is 2. The van der Waals surface area contributed by atoms with Gasteiger partial charge in [-0.15, -0.1) is 0 Å². The summed E-state index contributed by atoms with van der Waals surface area (Å²) in [4.78, 5) is 25.3. The van der Waals surface area contributed by atoms with Crippen molar-refractivity contribution in [2.75, 3.05) is 6.54 Å². The zero-order valence-corrected chi connectivity index (χ0v) is 11.6. The lowest BCUT2D eigenvalue weighted by atomic mass is 9.99. The van der Waals surface area contributed by atoms with E-state index in [-0.39, 0.29) is 17.9 Å². The van der Waals surface area contributed by atoms with Crippen molar-refractivity contribution in [3.63, 3.8) is 0 Å². The Morgan fingerprint density at radius 3 is 2.65 bits per heavy atom. The molecule has 3 atom stereocenters. The fraction of sp³-hybridized carbons (Fsp3) is 0.500. The summed E-state index contributed by atoms with van der Waals surface area (Å²) < 4.78 is 0. The molecule has 1 saturated carbocycles. The van der Waals surface area contributed by atoms with E-state index in [4.69, 9.17) is 5.11 Å². The first-order valence-electron chi connectivity index (χ1n) is 7.18. The van der Waals surface area contributed by atoms with Crippen molar-refractivity contribution < 1.29 is 14.7 Å². The Hall–Kier alpha value is -1.84. The summed E-state index contributed by atoms with van der Waals surface area (Å²) in [6.45, 7) is 2.81. The lowest BCUT2D eigenvalue weighted by Crippen LogP contribution is -2.33. The minimum atomic E-state index is -0.838. The maximum absolute atomic E-state index is 12.5. The minimum Gasteiger partial charge on any atom is -0.481 e. The van der Waals surface area contributed by atoms with Crippen LogP contribution >= 0.6 is 0 Å². The van der Waals surface area contributed by atoms with Crippen LogP contribution in [0.3, 0.4) is 0 Å². The predicted octanol–water partition coefficient (Wildman–Crippen LogP) is 2.38. The molecule has 2 aliphatic rings. The van der Waals surface area contributed by atoms with Crippen molar-refractivity contribution in [2.45, 2.75) is 32.2 Å². The van der Waals surface area contributed by atoms with E-state index >= 15 is 0 Å². The van der Waals surface area contributed by atoms with E-state index in [9.17, 15) is 9.59 Å². The highest BCUT2D eigenvalue weighted by atomic mass is 16.4. The van der Waals surface area contributed by atoms with Crippen LogP contribution in [0.2, 0.25) is 0 Å². The first kappa shape index (κ1) is 13.2. The first-order chi connectivity index (χ1) is 9.59. The van der Waals surface area contributed by atoms with Crippen LogP contribution in [0.5, 0.6) is 0 Å². The second-order valence-electron chi connectivity index (χ2n) is 5.83. The Kier molecular flexibility index (Phi) is 3.24. The molecule has 1 N–H and O–H groups in total. The molecule has 1 aliphatic carbocycles. The molecule has 1 saturated heterocycles. The zero-order chi connectivity index (χ0) is 14.3. The number of hydrogen-bond donors (Lipinski definition) is 1. The Morgan fingerprint density at radius 2 is 2.00 bits per heavy atom. The highest BCUT2D eigenvalue weighted by Crippen LogP contribution is 2.44. The largest absolute Gasteiger partial charge is 0.481 e. The highest BCUT2D eigenvalue weighted by molar-refractivity contribution is 5.89. The quantitative estimate of drug-likeness (QED) is 0.920. The number of amides is 1. The Morgan fingerprint density at radius 1 is 1.25 bits per heavy atom. The van der Waals surface area contributed by atoms with Crippen molar-refractivity contribution in [1.82, 2.24) is 4.90 Å². The number of carboxylic acid groups (broad SMARTS) is 1. The maximum Gasteiger partial charge on any atom is 0.307 e. The summed E-state index contributed by atoms with van der Waals surface area (Å²) in [5.74, 6) is -1.56. The molecule has 3 rings (SSSR count). The van der Waals surface area contributed by atoms with Crippen molar-refractivity contribution in [3.05, 3.63) is 35.4 Å². The summed E-state index contributed by atoms with van der Waals surface area (Å²) >= 11 is 0. The van der Waals surface area contributed by atoms with Gasteiger partial charge in [-0.2, -0.15) is 0 Å². The molecule has 0 unspecified atom stereocenters. The standard InChI is InChI=1S/C16H19NO3/c1-10-5-2-3-6-11(10)14-7-4-8-17(14)15(18)12-9-13(12)16(19)20/h2-3,5-6,12-14H,4,7-9H2,1H3,(H,19,20)/t12-,13+,14-/m0/s1. The average Bonchev–Trinajstić information content (AvgIpc) is 3.09. The minimum absolute atomic E-state index is 0.0307. The second-order valence-corrected chi connectivity index (χ2v) is 5.83. The predicted molar refractivity (Wildman–Crippen MR) is 74.1 cm³/mol. The Bertz CT molecular complexity index is 554. The molecule has 0 spiro atoms. The Labute approximate surface area is 118 Å². The van der Waals surface area contributed by atoms with Gasteiger partial charge < -0.3 is 10.0 Å². The number of benzene rings is 1. The molecule has 1 aliphatic heterocycles. The number of aryl methyl sites for hydroxylation is 1. The molecule has 0 aromatic heterocycles. The third-order valence-corrected chi connectivity index (χ3v) is 4.51. The molecule has 2 fully saturated rings. The molecule has 20 heavy (non-hydrogen) atoms. The lowest BCUT2D eigenvalue weighted by molar-refractivity contribution is -0.142. The molecule has 106 valence electrons. The number of rotatable bonds is 3. The SMILES string of the molecule is Cc1ccccc1[C@@H]1CCCN1C(=O)[C@H]1C[C@H]1C(=O)O. The second kappa shape index (κ2) is 4.93. The summed E-state index contributed by atoms with van der Waals surface area (Å²) in [5.41, 5.74) is 2.40. The number of carbonyl (C=O) groups is 2. The van der Waals surface area contributed by atoms with Crippen LogP contribution in [0.4, 0.5) is 0 Å². The number of carboxylic acids is 1. The van der Waals surface area contributed by atoms with Gasteiger partial charge in [-0.3, -0.25) is 9.59 Å². The summed E-state index contributed by atoms with van der Waals surface area (Å²) in [5, 5.41) is 8.97. The highest BCUT2D eigenvalue weighted by Gasteiger charge is 2.51. The molecule has 1 aromatic rings. The van der Waals surface area contributed by atoms with E-state index in [0.29, 0.717) is 6.42 Å². The van der Waals surface area contributed by atoms with Gasteiger partial charge in [0, 0.05) is 6.54 Å². The van der Waals surface area contributed by atoms with Crippen LogP contribution < -0.4 is 0 Å². The van der Waals surface area contributed by atoms with E-state index in [2.05, 4.69) is 19.1 Å². The third kappa shape index (κ3) is 2.19. The van der Waals surface area contributed by atoms with Crippen LogP contribution in [0, 0.1) is 18.8 Å². The molecule has 0 radical (unpaired) electrons. The smallest absolute Gasteiger partial charge is 0.307 e. The van der Waals surface area contributed by atoms with Gasteiger partial charge in [0.2, 0.25) is 5.91 Å². The number of carbonyl (C=O) groups excluding carboxylic acids is 1. The third-order valence-electron chi connectivity index (χ3n) is 4.51. The van der Waals surface area contributed by atoms with Crippen LogP contribution in [0.25, 0.3) is 0 Å². The summed E-state index contributed by atoms with van der Waals surface area (Å²) in [6.07, 6.45) is 2.47. The molecule has 4 heteroatoms. The van der Waals surface area contributed by atoms with E-state index in [0.717, 1.165) is 19.4 Å². The van der Waals surface area contributed by atoms with Gasteiger partial charge in [-0.1, -0.05) is 24.3 Å². The Balaban J connectivity index is 1.78. The molecular weight excluding hydrogens is 254 g/mol. The molecule has 0 bridgehead atoms. The number of aliphatic carboxylic acids is 1. The fourth-order valence-corrected chi connectivity index (χ4v) is 3.27. The van der Waals surface area contributed by atoms with E-state index in [1.807, 2.05) is 17.0 Å². The van der Waals surface area contributed by atoms with Gasteiger partial charge in [0.05, 0.1) is 17.9 Å². The van der Waals surface area contributed by atoms with Crippen molar-refractivity contribution >= 4 is 11.9 Å². The van der Waals surface area contributed by atoms with Crippen molar-refractivity contribution in [3.8, 4) is 0 Å². The van der Waals surface area contributed by atoms with Gasteiger partial charge in [-0.25, -0.2) is 0 Å². The van der Waals surface area contributed by atoms with Crippen molar-refractivity contribution in [2.24, 2.45) is 11.8 Å². The lowest BCUT2D eigenvalue weighted by Gasteiger charge is -2.26. The van der Waals surface area contributed by atoms with Crippen LogP contribution in [0.1, 0.15) is 36.4 Å². The normalized spacial score (nSPS) is 28.4. The van der Waals surface area contributed by atoms with Gasteiger partial charge in [0.15, 0.2) is 0 Å². The maximum atomic E-state index is 12.5. The van der Waals surface area contributed by atoms with Crippen LogP contribution in [-0.4, -0.2) is 28.4 Å². The molecule has 1 heterocycles. The molecule has 1 amide bonds. The van der Waals surface area contributed by atoms with Crippen molar-refractivity contribution in [1.29, 1.82) is 0 Å². The van der Waals surface area contributed by atoms with E-state index in [1.54, 1.807) is 0 Å². The van der Waals surface area contributed by atoms with Gasteiger partial charge >= 0.3 is 5.97 Å². The van der Waals surface area contributed by atoms with Crippen LogP contribution in [-0.2, 0) is 9.59 Å². The topological polar surface area (TPSA) is 57.6 Å². The molecule has 1 aromatic carbocycles. The number of likely N-dealkylation sites (tertiary alicyclic amines) is 1. The fourth-order valence-electron chi connectivity index (χ4n) is 3.27. The average molecular weight is 273 g/mol.